The van der Waals surface area contributed by atoms with Crippen molar-refractivity contribution in [2.45, 2.75) is 25.8 Å². The number of hydrazine groups is 1. The van der Waals surface area contributed by atoms with Gasteiger partial charge in [-0.15, -0.1) is 16.4 Å². The van der Waals surface area contributed by atoms with Crippen LogP contribution in [-0.2, 0) is 6.42 Å². The molecule has 17 heavy (non-hydrogen) atoms. The number of nitrogens with one attached hydrogen (secondary N) is 1. The van der Waals surface area contributed by atoms with Crippen LogP contribution in [0.3, 0.4) is 0 Å². The maximum atomic E-state index is 6.14. The fourth-order valence-corrected chi connectivity index (χ4v) is 3.70. The van der Waals surface area contributed by atoms with Crippen LogP contribution in [0.15, 0.2) is 11.4 Å². The number of nitrogens with two attached hydrogens (primary N) is 1. The van der Waals surface area contributed by atoms with Crippen molar-refractivity contribution in [3.8, 4) is 0 Å². The van der Waals surface area contributed by atoms with Crippen LogP contribution in [0.5, 0.6) is 0 Å². The monoisotopic (exact) mass is 288 g/mol. The molecule has 0 aliphatic heterocycles. The molecule has 0 saturated carbocycles. The fraction of sp³-hybridized carbons (Fsp3) is 0.400. The molecule has 7 heteroatoms. The van der Waals surface area contributed by atoms with E-state index in [-0.39, 0.29) is 6.04 Å². The summed E-state index contributed by atoms with van der Waals surface area (Å²) in [5, 5.41) is 6.83. The van der Waals surface area contributed by atoms with Crippen molar-refractivity contribution in [1.82, 2.24) is 15.0 Å². The molecule has 2 aromatic heterocycles. The van der Waals surface area contributed by atoms with Crippen LogP contribution in [0, 0.1) is 0 Å². The first-order valence-electron chi connectivity index (χ1n) is 5.28. The highest BCUT2D eigenvalue weighted by atomic mass is 35.5. The van der Waals surface area contributed by atoms with Crippen LogP contribution in [-0.4, -0.2) is 9.59 Å². The molecular weight excluding hydrogens is 276 g/mol. The second kappa shape index (κ2) is 5.88. The van der Waals surface area contributed by atoms with E-state index in [0.717, 1.165) is 33.3 Å². The van der Waals surface area contributed by atoms with Gasteiger partial charge in [-0.05, 0) is 29.4 Å². The Kier molecular flexibility index (Phi) is 4.47. The molecule has 0 aromatic carbocycles. The van der Waals surface area contributed by atoms with Crippen LogP contribution in [0.25, 0.3) is 0 Å². The molecule has 0 saturated heterocycles. The van der Waals surface area contributed by atoms with Crippen LogP contribution in [0.1, 0.15) is 34.8 Å². The summed E-state index contributed by atoms with van der Waals surface area (Å²) >= 11 is 9.10. The van der Waals surface area contributed by atoms with Gasteiger partial charge >= 0.3 is 0 Å². The third kappa shape index (κ3) is 2.66. The quantitative estimate of drug-likeness (QED) is 0.656. The van der Waals surface area contributed by atoms with Gasteiger partial charge in [-0.25, -0.2) is 5.43 Å². The Bertz CT molecular complexity index is 482. The molecule has 0 fully saturated rings. The van der Waals surface area contributed by atoms with Crippen molar-refractivity contribution in [1.29, 1.82) is 0 Å². The van der Waals surface area contributed by atoms with Crippen LogP contribution in [0.2, 0.25) is 5.02 Å². The highest BCUT2D eigenvalue weighted by Gasteiger charge is 2.22. The lowest BCUT2D eigenvalue weighted by Crippen LogP contribution is -2.28. The number of aromatic nitrogens is 2. The molecule has 0 radical (unpaired) electrons. The van der Waals surface area contributed by atoms with E-state index in [0.29, 0.717) is 0 Å². The lowest BCUT2D eigenvalue weighted by Gasteiger charge is -2.13. The third-order valence-corrected chi connectivity index (χ3v) is 4.66. The second-order valence-corrected chi connectivity index (χ2v) is 5.71. The zero-order valence-electron chi connectivity index (χ0n) is 9.31. The highest BCUT2D eigenvalue weighted by Crippen LogP contribution is 2.35. The van der Waals surface area contributed by atoms with Gasteiger partial charge in [0.15, 0.2) is 0 Å². The minimum Gasteiger partial charge on any atom is -0.271 e. The van der Waals surface area contributed by atoms with Gasteiger partial charge in [0, 0.05) is 4.88 Å². The highest BCUT2D eigenvalue weighted by molar-refractivity contribution is 7.11. The number of nitrogens with zero attached hydrogens (tertiary/aromatic N) is 2. The molecule has 4 nitrogen and oxygen atoms in total. The largest absolute Gasteiger partial charge is 0.271 e. The van der Waals surface area contributed by atoms with Crippen molar-refractivity contribution >= 4 is 34.5 Å². The van der Waals surface area contributed by atoms with E-state index < -0.39 is 0 Å². The summed E-state index contributed by atoms with van der Waals surface area (Å²) < 4.78 is 4.01. The van der Waals surface area contributed by atoms with E-state index in [1.807, 2.05) is 11.4 Å². The summed E-state index contributed by atoms with van der Waals surface area (Å²) in [6.07, 6.45) is 1.95. The van der Waals surface area contributed by atoms with Crippen LogP contribution in [0.4, 0.5) is 0 Å². The minimum absolute atomic E-state index is 0.107. The summed E-state index contributed by atoms with van der Waals surface area (Å²) in [6.45, 7) is 2.12. The Morgan fingerprint density at radius 2 is 2.35 bits per heavy atom. The van der Waals surface area contributed by atoms with Crippen molar-refractivity contribution in [2.75, 3.05) is 0 Å². The third-order valence-electron chi connectivity index (χ3n) is 2.41. The van der Waals surface area contributed by atoms with Gasteiger partial charge in [0.1, 0.15) is 0 Å². The minimum atomic E-state index is -0.107. The van der Waals surface area contributed by atoms with Gasteiger partial charge in [0.05, 0.1) is 21.6 Å². The molecule has 2 aromatic rings. The van der Waals surface area contributed by atoms with Crippen LogP contribution >= 0.6 is 34.5 Å². The van der Waals surface area contributed by atoms with E-state index in [4.69, 9.17) is 17.4 Å². The molecule has 0 spiro atoms. The number of thiophene rings is 1. The number of rotatable bonds is 5. The van der Waals surface area contributed by atoms with Gasteiger partial charge in [0.25, 0.3) is 0 Å². The Balaban J connectivity index is 2.35. The molecular formula is C10H13ClN4S2. The average molecular weight is 289 g/mol. The number of hydrogen-bond acceptors (Lipinski definition) is 6. The number of hydrogen-bond donors (Lipinski definition) is 2. The van der Waals surface area contributed by atoms with Crippen LogP contribution < -0.4 is 11.3 Å². The maximum Gasteiger partial charge on any atom is 0.0944 e. The van der Waals surface area contributed by atoms with E-state index >= 15 is 0 Å². The Labute approximate surface area is 113 Å². The first kappa shape index (κ1) is 12.9. The van der Waals surface area contributed by atoms with E-state index in [2.05, 4.69) is 21.9 Å². The number of halogens is 1. The summed E-state index contributed by atoms with van der Waals surface area (Å²) in [4.78, 5) is 2.07. The van der Waals surface area contributed by atoms with Gasteiger partial charge in [-0.3, -0.25) is 5.84 Å². The van der Waals surface area contributed by atoms with Crippen molar-refractivity contribution in [3.63, 3.8) is 0 Å². The summed E-state index contributed by atoms with van der Waals surface area (Å²) in [5.41, 5.74) is 3.81. The zero-order valence-corrected chi connectivity index (χ0v) is 11.7. The molecule has 2 rings (SSSR count). The van der Waals surface area contributed by atoms with Crippen molar-refractivity contribution < 1.29 is 0 Å². The van der Waals surface area contributed by atoms with Gasteiger partial charge in [-0.2, -0.15) is 0 Å². The second-order valence-electron chi connectivity index (χ2n) is 3.57. The first-order chi connectivity index (χ1) is 8.27. The van der Waals surface area contributed by atoms with Gasteiger partial charge in [-0.1, -0.05) is 29.4 Å². The molecule has 92 valence electrons. The Morgan fingerprint density at radius 3 is 2.94 bits per heavy atom. The fourth-order valence-electron chi connectivity index (χ4n) is 1.63. The Morgan fingerprint density at radius 1 is 1.53 bits per heavy atom. The maximum absolute atomic E-state index is 6.14. The molecule has 1 unspecified atom stereocenters. The number of aryl methyl sites for hydroxylation is 1. The molecule has 0 aliphatic carbocycles. The Hall–Kier alpha value is -0.530. The first-order valence-corrected chi connectivity index (χ1v) is 7.31. The summed E-state index contributed by atoms with van der Waals surface area (Å²) in [6, 6.07) is 1.77. The molecule has 1 atom stereocenters. The molecule has 3 N–H and O–H groups in total. The van der Waals surface area contributed by atoms with Gasteiger partial charge < -0.3 is 0 Å². The lowest BCUT2D eigenvalue weighted by atomic mass is 10.1. The average Bonchev–Trinajstić information content (AvgIpc) is 2.92. The summed E-state index contributed by atoms with van der Waals surface area (Å²) in [7, 11) is 0. The predicted molar refractivity (Wildman–Crippen MR) is 72.4 cm³/mol. The van der Waals surface area contributed by atoms with Gasteiger partial charge in [0.2, 0.25) is 0 Å². The molecule has 2 heterocycles. The zero-order chi connectivity index (χ0) is 12.3. The lowest BCUT2D eigenvalue weighted by molar-refractivity contribution is 0.646. The van der Waals surface area contributed by atoms with E-state index in [1.54, 1.807) is 11.3 Å². The topological polar surface area (TPSA) is 63.8 Å². The summed E-state index contributed by atoms with van der Waals surface area (Å²) in [5.74, 6) is 5.64. The molecule has 0 bridgehead atoms. The van der Waals surface area contributed by atoms with E-state index in [9.17, 15) is 0 Å². The molecule has 0 aliphatic rings. The van der Waals surface area contributed by atoms with Crippen molar-refractivity contribution in [2.24, 2.45) is 5.84 Å². The molecule has 0 amide bonds. The van der Waals surface area contributed by atoms with Crippen molar-refractivity contribution in [3.05, 3.63) is 31.9 Å². The van der Waals surface area contributed by atoms with E-state index in [1.165, 1.54) is 11.5 Å². The predicted octanol–water partition coefficient (Wildman–Crippen LogP) is 2.76. The standard InChI is InChI=1S/C10H13ClN4S2/c1-2-3-7-10(17-15-14-7)8(13-12)9-6(11)4-5-16-9/h4-5,8,13H,2-3,12H2,1H3. The normalized spacial score (nSPS) is 12.9. The SMILES string of the molecule is CCCc1nnsc1C(NN)c1sccc1Cl. The smallest absolute Gasteiger partial charge is 0.0944 e.